The van der Waals surface area contributed by atoms with Crippen LogP contribution in [0.3, 0.4) is 0 Å². The van der Waals surface area contributed by atoms with Crippen LogP contribution in [-0.4, -0.2) is 30.2 Å². The van der Waals surface area contributed by atoms with Gasteiger partial charge < -0.3 is 19.4 Å². The van der Waals surface area contributed by atoms with E-state index in [1.54, 1.807) is 22.6 Å². The summed E-state index contributed by atoms with van der Waals surface area (Å²) < 4.78 is 9.84. The molecule has 0 amide bonds. The van der Waals surface area contributed by atoms with Gasteiger partial charge in [0.2, 0.25) is 5.88 Å². The number of aromatic nitrogens is 2. The molecule has 0 N–H and O–H groups in total. The van der Waals surface area contributed by atoms with E-state index >= 15 is 0 Å². The molecule has 0 aliphatic heterocycles. The number of ether oxygens (including phenoxy) is 2. The molecule has 14 heavy (non-hydrogen) atoms. The number of hydrogen-bond acceptors (Lipinski definition) is 6. The lowest BCUT2D eigenvalue weighted by atomic mass is 10.4. The van der Waals surface area contributed by atoms with Gasteiger partial charge in [-0.15, -0.1) is 0 Å². The normalized spacial score (nSPS) is 9.64. The van der Waals surface area contributed by atoms with Crippen LogP contribution in [0.15, 0.2) is 0 Å². The second kappa shape index (κ2) is 4.40. The number of carboxylic acid groups (broad SMARTS) is 1. The highest BCUT2D eigenvalue weighted by atomic mass is 127. The van der Waals surface area contributed by atoms with Gasteiger partial charge in [0, 0.05) is 0 Å². The summed E-state index contributed by atoms with van der Waals surface area (Å²) in [6, 6.07) is -0.0681. The van der Waals surface area contributed by atoms with Crippen LogP contribution < -0.4 is 14.6 Å². The predicted octanol–water partition coefficient (Wildman–Crippen LogP) is -0.538. The van der Waals surface area contributed by atoms with E-state index in [2.05, 4.69) is 9.97 Å². The number of rotatable bonds is 3. The number of hydrogen-bond donors (Lipinski definition) is 0. The van der Waals surface area contributed by atoms with Crippen molar-refractivity contribution in [1.29, 1.82) is 0 Å². The van der Waals surface area contributed by atoms with Crippen LogP contribution in [0.5, 0.6) is 11.9 Å². The van der Waals surface area contributed by atoms with Gasteiger partial charge in [-0.25, -0.2) is 0 Å². The summed E-state index contributed by atoms with van der Waals surface area (Å²) in [5.74, 6) is -1.25. The molecule has 1 rings (SSSR count). The summed E-state index contributed by atoms with van der Waals surface area (Å²) >= 11 is 1.76. The molecule has 0 spiro atoms. The molecule has 1 heterocycles. The molecule has 0 aliphatic carbocycles. The zero-order chi connectivity index (χ0) is 10.7. The van der Waals surface area contributed by atoms with Gasteiger partial charge in [0.15, 0.2) is 0 Å². The highest BCUT2D eigenvalue weighted by molar-refractivity contribution is 14.1. The maximum atomic E-state index is 10.6. The van der Waals surface area contributed by atoms with Crippen molar-refractivity contribution in [1.82, 2.24) is 9.97 Å². The van der Waals surface area contributed by atoms with Crippen molar-refractivity contribution < 1.29 is 19.4 Å². The minimum Gasteiger partial charge on any atom is -0.543 e. The third-order valence-corrected chi connectivity index (χ3v) is 2.34. The van der Waals surface area contributed by atoms with Crippen LogP contribution in [0.2, 0.25) is 0 Å². The molecule has 0 aromatic carbocycles. The van der Waals surface area contributed by atoms with Gasteiger partial charge >= 0.3 is 6.01 Å². The van der Waals surface area contributed by atoms with E-state index in [1.165, 1.54) is 14.2 Å². The first-order chi connectivity index (χ1) is 6.60. The van der Waals surface area contributed by atoms with Crippen molar-refractivity contribution in [2.45, 2.75) is 0 Å². The first-order valence-electron chi connectivity index (χ1n) is 3.47. The number of aromatic carboxylic acids is 1. The average molecular weight is 309 g/mol. The van der Waals surface area contributed by atoms with Crippen LogP contribution in [0.25, 0.3) is 0 Å². The summed E-state index contributed by atoms with van der Waals surface area (Å²) in [6.45, 7) is 0. The minimum absolute atomic E-state index is 0.0681. The summed E-state index contributed by atoms with van der Waals surface area (Å²) in [4.78, 5) is 18.1. The maximum Gasteiger partial charge on any atom is 0.320 e. The smallest absolute Gasteiger partial charge is 0.320 e. The Kier molecular flexibility index (Phi) is 3.44. The van der Waals surface area contributed by atoms with Gasteiger partial charge in [-0.2, -0.15) is 9.97 Å². The van der Waals surface area contributed by atoms with Gasteiger partial charge in [0.1, 0.15) is 9.26 Å². The Balaban J connectivity index is 3.34. The van der Waals surface area contributed by atoms with E-state index in [4.69, 9.17) is 9.47 Å². The molecule has 1 aromatic heterocycles. The van der Waals surface area contributed by atoms with Gasteiger partial charge in [-0.05, 0) is 22.6 Å². The van der Waals surface area contributed by atoms with E-state index in [0.717, 1.165) is 0 Å². The molecule has 7 heteroatoms. The predicted molar refractivity (Wildman–Crippen MR) is 52.2 cm³/mol. The molecular weight excluding hydrogens is 303 g/mol. The Labute approximate surface area is 93.4 Å². The molecule has 1 aromatic rings. The van der Waals surface area contributed by atoms with Crippen molar-refractivity contribution in [3.05, 3.63) is 9.26 Å². The van der Waals surface area contributed by atoms with Gasteiger partial charge in [0.25, 0.3) is 0 Å². The maximum absolute atomic E-state index is 10.6. The Morgan fingerprint density at radius 1 is 1.36 bits per heavy atom. The molecule has 0 atom stereocenters. The second-order valence-corrected chi connectivity index (χ2v) is 3.25. The molecule has 6 nitrogen and oxygen atoms in total. The SMILES string of the molecule is COc1nc(OC)c(I)c(C(=O)[O-])n1. The van der Waals surface area contributed by atoms with E-state index in [0.29, 0.717) is 0 Å². The van der Waals surface area contributed by atoms with Crippen molar-refractivity contribution in [2.75, 3.05) is 14.2 Å². The molecule has 0 radical (unpaired) electrons. The fourth-order valence-electron chi connectivity index (χ4n) is 0.769. The third-order valence-electron chi connectivity index (χ3n) is 1.37. The summed E-state index contributed by atoms with van der Waals surface area (Å²) in [5.41, 5.74) is -0.241. The quantitative estimate of drug-likeness (QED) is 0.697. The number of nitrogens with zero attached hydrogens (tertiary/aromatic N) is 2. The van der Waals surface area contributed by atoms with Crippen LogP contribution >= 0.6 is 22.6 Å². The van der Waals surface area contributed by atoms with Gasteiger partial charge in [0.05, 0.1) is 20.2 Å². The Bertz CT molecular complexity index is 369. The van der Waals surface area contributed by atoms with Crippen molar-refractivity contribution in [3.63, 3.8) is 0 Å². The third kappa shape index (κ3) is 2.03. The monoisotopic (exact) mass is 309 g/mol. The Morgan fingerprint density at radius 3 is 2.43 bits per heavy atom. The van der Waals surface area contributed by atoms with E-state index in [-0.39, 0.29) is 21.2 Å². The first kappa shape index (κ1) is 11.0. The number of carbonyl (C=O) groups is 1. The van der Waals surface area contributed by atoms with Crippen LogP contribution in [-0.2, 0) is 0 Å². The van der Waals surface area contributed by atoms with E-state index in [9.17, 15) is 9.90 Å². The van der Waals surface area contributed by atoms with Gasteiger partial charge in [-0.1, -0.05) is 0 Å². The van der Waals surface area contributed by atoms with Crippen LogP contribution in [0, 0.1) is 3.57 Å². The molecule has 0 saturated heterocycles. The molecule has 0 fully saturated rings. The standard InChI is InChI=1S/C7H7IN2O4/c1-13-5-3(8)4(6(11)12)9-7(10-5)14-2/h1-2H3,(H,11,12)/p-1. The summed E-state index contributed by atoms with van der Waals surface area (Å²) in [5, 5.41) is 10.6. The van der Waals surface area contributed by atoms with Crippen LogP contribution in [0.4, 0.5) is 0 Å². The average Bonchev–Trinajstić information content (AvgIpc) is 2.17. The van der Waals surface area contributed by atoms with Crippen LogP contribution in [0.1, 0.15) is 10.5 Å². The molecule has 0 bridgehead atoms. The summed E-state index contributed by atoms with van der Waals surface area (Å²) in [7, 11) is 2.71. The highest BCUT2D eigenvalue weighted by Crippen LogP contribution is 2.22. The second-order valence-electron chi connectivity index (χ2n) is 2.17. The van der Waals surface area contributed by atoms with Crippen molar-refractivity contribution >= 4 is 28.6 Å². The number of methoxy groups -OCH3 is 2. The fourth-order valence-corrected chi connectivity index (χ4v) is 1.45. The lowest BCUT2D eigenvalue weighted by Crippen LogP contribution is -2.25. The fraction of sp³-hybridized carbons (Fsp3) is 0.286. The molecule has 0 unspecified atom stereocenters. The Hall–Kier alpha value is -1.12. The molecule has 76 valence electrons. The number of carboxylic acids is 1. The lowest BCUT2D eigenvalue weighted by Gasteiger charge is -2.09. The van der Waals surface area contributed by atoms with Crippen molar-refractivity contribution in [3.8, 4) is 11.9 Å². The molecule has 0 saturated carbocycles. The van der Waals surface area contributed by atoms with Gasteiger partial charge in [-0.3, -0.25) is 0 Å². The topological polar surface area (TPSA) is 84.4 Å². The molecule has 0 aliphatic rings. The lowest BCUT2D eigenvalue weighted by molar-refractivity contribution is -0.255. The zero-order valence-corrected chi connectivity index (χ0v) is 9.56. The first-order valence-corrected chi connectivity index (χ1v) is 4.55. The summed E-state index contributed by atoms with van der Waals surface area (Å²) in [6.07, 6.45) is 0. The van der Waals surface area contributed by atoms with Crippen molar-refractivity contribution in [2.24, 2.45) is 0 Å². The Morgan fingerprint density at radius 2 is 2.00 bits per heavy atom. The largest absolute Gasteiger partial charge is 0.543 e. The number of carbonyl (C=O) groups excluding carboxylic acids is 1. The van der Waals surface area contributed by atoms with E-state index < -0.39 is 5.97 Å². The number of halogens is 1. The van der Waals surface area contributed by atoms with E-state index in [1.807, 2.05) is 0 Å². The molecular formula is C7H6IN2O4-. The minimum atomic E-state index is -1.39. The zero-order valence-electron chi connectivity index (χ0n) is 7.41. The highest BCUT2D eigenvalue weighted by Gasteiger charge is 2.13.